The number of carbonyl (C=O) groups is 1. The highest BCUT2D eigenvalue weighted by atomic mass is 16.6. The zero-order valence-electron chi connectivity index (χ0n) is 17.8. The van der Waals surface area contributed by atoms with Gasteiger partial charge in [-0.15, -0.1) is 0 Å². The average molecular weight is 419 g/mol. The number of rotatable bonds is 18. The topological polar surface area (TPSA) is 81.7 Å². The Morgan fingerprint density at radius 3 is 1.83 bits per heavy atom. The van der Waals surface area contributed by atoms with Crippen LogP contribution in [0.2, 0.25) is 0 Å². The highest BCUT2D eigenvalue weighted by Gasteiger charge is 2.14. The summed E-state index contributed by atoms with van der Waals surface area (Å²) in [6.45, 7) is 5.02. The molecule has 0 N–H and O–H groups in total. The van der Waals surface area contributed by atoms with Gasteiger partial charge in [-0.1, -0.05) is 12.2 Å². The first-order valence-corrected chi connectivity index (χ1v) is 10.5. The highest BCUT2D eigenvalue weighted by Crippen LogP contribution is 2.15. The molecule has 8 heteroatoms. The Balaban J connectivity index is 1.78. The lowest BCUT2D eigenvalue weighted by molar-refractivity contribution is -0.155. The molecule has 1 atom stereocenters. The molecule has 0 aromatic heterocycles. The quantitative estimate of drug-likeness (QED) is 0.190. The summed E-state index contributed by atoms with van der Waals surface area (Å²) in [5.74, 6) is -0.299. The van der Waals surface area contributed by atoms with Crippen molar-refractivity contribution in [2.75, 3.05) is 79.8 Å². The van der Waals surface area contributed by atoms with Crippen LogP contribution in [0.25, 0.3) is 0 Å². The number of allylic oxidation sites excluding steroid dienone is 2. The van der Waals surface area contributed by atoms with Gasteiger partial charge in [-0.25, -0.2) is 4.79 Å². The van der Waals surface area contributed by atoms with Crippen LogP contribution < -0.4 is 0 Å². The van der Waals surface area contributed by atoms with Crippen molar-refractivity contribution >= 4 is 5.97 Å². The molecule has 1 unspecified atom stereocenters. The normalized spacial score (nSPS) is 18.2. The Hall–Kier alpha value is -1.03. The Morgan fingerprint density at radius 2 is 1.24 bits per heavy atom. The lowest BCUT2D eigenvalue weighted by atomic mass is 10.0. The molecule has 1 rings (SSSR count). The molecule has 8 nitrogen and oxygen atoms in total. The first-order valence-electron chi connectivity index (χ1n) is 10.5. The summed E-state index contributed by atoms with van der Waals surface area (Å²) in [5, 5.41) is 0. The number of hydrogen-bond acceptors (Lipinski definition) is 8. The molecule has 0 bridgehead atoms. The standard InChI is InChI=1S/C21H38O8/c1-23-9-10-24-11-12-25-13-14-26-15-16-27-17-18-28-19-21(22)29-20-7-5-3-2-4-6-8-20/h2-3,20H,4-19H2,1H3/b3-2-. The van der Waals surface area contributed by atoms with E-state index in [9.17, 15) is 4.79 Å². The molecule has 0 spiro atoms. The minimum Gasteiger partial charge on any atom is -0.461 e. The maximum absolute atomic E-state index is 11.8. The van der Waals surface area contributed by atoms with E-state index in [1.54, 1.807) is 7.11 Å². The molecule has 0 aromatic rings. The molecule has 1 aliphatic carbocycles. The molecule has 0 amide bonds. The average Bonchev–Trinajstić information content (AvgIpc) is 2.69. The molecule has 0 aliphatic heterocycles. The minimum absolute atomic E-state index is 0.0108. The van der Waals surface area contributed by atoms with Crippen LogP contribution in [0.1, 0.15) is 32.1 Å². The van der Waals surface area contributed by atoms with Crippen molar-refractivity contribution in [3.8, 4) is 0 Å². The van der Waals surface area contributed by atoms with Crippen LogP contribution >= 0.6 is 0 Å². The van der Waals surface area contributed by atoms with Crippen LogP contribution in [-0.2, 0) is 38.0 Å². The summed E-state index contributed by atoms with van der Waals surface area (Å²) in [4.78, 5) is 11.8. The monoisotopic (exact) mass is 418 g/mol. The van der Waals surface area contributed by atoms with Crippen molar-refractivity contribution in [1.82, 2.24) is 0 Å². The molecule has 0 radical (unpaired) electrons. The SMILES string of the molecule is COCCOCCOCCOCCOCCOCC(=O)OC1CC/C=C\CCC1. The van der Waals surface area contributed by atoms with Gasteiger partial charge in [-0.05, 0) is 32.1 Å². The van der Waals surface area contributed by atoms with Gasteiger partial charge in [0, 0.05) is 7.11 Å². The lowest BCUT2D eigenvalue weighted by Crippen LogP contribution is -2.23. The van der Waals surface area contributed by atoms with Crippen LogP contribution in [0.15, 0.2) is 12.2 Å². The fraction of sp³-hybridized carbons (Fsp3) is 0.857. The van der Waals surface area contributed by atoms with Crippen molar-refractivity contribution in [1.29, 1.82) is 0 Å². The fourth-order valence-corrected chi connectivity index (χ4v) is 2.64. The van der Waals surface area contributed by atoms with Crippen LogP contribution in [0.5, 0.6) is 0 Å². The third-order valence-electron chi connectivity index (χ3n) is 4.16. The van der Waals surface area contributed by atoms with Crippen LogP contribution in [-0.4, -0.2) is 91.9 Å². The van der Waals surface area contributed by atoms with Gasteiger partial charge in [0.25, 0.3) is 0 Å². The molecular weight excluding hydrogens is 380 g/mol. The van der Waals surface area contributed by atoms with Crippen molar-refractivity contribution in [3.05, 3.63) is 12.2 Å². The first-order chi connectivity index (χ1) is 14.3. The van der Waals surface area contributed by atoms with E-state index in [2.05, 4.69) is 12.2 Å². The van der Waals surface area contributed by atoms with Gasteiger partial charge in [0.05, 0.1) is 66.1 Å². The molecule has 0 heterocycles. The predicted octanol–water partition coefficient (Wildman–Crippen LogP) is 2.15. The summed E-state index contributed by atoms with van der Waals surface area (Å²) < 4.78 is 37.1. The number of hydrogen-bond donors (Lipinski definition) is 0. The Labute approximate surface area is 174 Å². The molecule has 170 valence electrons. The second kappa shape index (κ2) is 20.3. The Bertz CT molecular complexity index is 402. The molecule has 0 aromatic carbocycles. The Kier molecular flexibility index (Phi) is 18.2. The summed E-state index contributed by atoms with van der Waals surface area (Å²) >= 11 is 0. The van der Waals surface area contributed by atoms with Crippen LogP contribution in [0.4, 0.5) is 0 Å². The third kappa shape index (κ3) is 17.5. The number of carbonyl (C=O) groups excluding carboxylic acids is 1. The molecular formula is C21H38O8. The lowest BCUT2D eigenvalue weighted by Gasteiger charge is -2.18. The van der Waals surface area contributed by atoms with Crippen molar-refractivity contribution < 1.29 is 38.0 Å². The first kappa shape index (κ1) is 26.0. The third-order valence-corrected chi connectivity index (χ3v) is 4.16. The van der Waals surface area contributed by atoms with E-state index in [1.807, 2.05) is 0 Å². The van der Waals surface area contributed by atoms with E-state index in [0.717, 1.165) is 32.1 Å². The summed E-state index contributed by atoms with van der Waals surface area (Å²) in [7, 11) is 1.64. The second-order valence-electron chi connectivity index (χ2n) is 6.59. The summed E-state index contributed by atoms with van der Waals surface area (Å²) in [6, 6.07) is 0. The molecule has 1 aliphatic rings. The van der Waals surface area contributed by atoms with E-state index >= 15 is 0 Å². The molecule has 0 saturated carbocycles. The van der Waals surface area contributed by atoms with Gasteiger partial charge in [0.1, 0.15) is 12.7 Å². The van der Waals surface area contributed by atoms with Gasteiger partial charge in [0.15, 0.2) is 0 Å². The predicted molar refractivity (Wildman–Crippen MR) is 108 cm³/mol. The van der Waals surface area contributed by atoms with Gasteiger partial charge >= 0.3 is 5.97 Å². The van der Waals surface area contributed by atoms with E-state index in [4.69, 9.17) is 33.2 Å². The maximum Gasteiger partial charge on any atom is 0.332 e. The summed E-state index contributed by atoms with van der Waals surface area (Å²) in [5.41, 5.74) is 0. The second-order valence-corrected chi connectivity index (χ2v) is 6.59. The minimum atomic E-state index is -0.299. The van der Waals surface area contributed by atoms with E-state index < -0.39 is 0 Å². The van der Waals surface area contributed by atoms with Crippen molar-refractivity contribution in [2.45, 2.75) is 38.2 Å². The largest absolute Gasteiger partial charge is 0.461 e. The van der Waals surface area contributed by atoms with E-state index in [0.29, 0.717) is 66.1 Å². The van der Waals surface area contributed by atoms with Gasteiger partial charge in [-0.2, -0.15) is 0 Å². The van der Waals surface area contributed by atoms with Crippen LogP contribution in [0.3, 0.4) is 0 Å². The Morgan fingerprint density at radius 1 is 0.724 bits per heavy atom. The van der Waals surface area contributed by atoms with E-state index in [-0.39, 0.29) is 18.7 Å². The zero-order valence-corrected chi connectivity index (χ0v) is 17.8. The van der Waals surface area contributed by atoms with Crippen LogP contribution in [0, 0.1) is 0 Å². The molecule has 0 saturated heterocycles. The smallest absolute Gasteiger partial charge is 0.332 e. The number of ether oxygens (including phenoxy) is 7. The van der Waals surface area contributed by atoms with Gasteiger partial charge in [0.2, 0.25) is 0 Å². The number of methoxy groups -OCH3 is 1. The molecule has 29 heavy (non-hydrogen) atoms. The van der Waals surface area contributed by atoms with Crippen molar-refractivity contribution in [2.24, 2.45) is 0 Å². The van der Waals surface area contributed by atoms with Crippen molar-refractivity contribution in [3.63, 3.8) is 0 Å². The fourth-order valence-electron chi connectivity index (χ4n) is 2.64. The zero-order chi connectivity index (χ0) is 20.8. The van der Waals surface area contributed by atoms with Gasteiger partial charge < -0.3 is 33.2 Å². The summed E-state index contributed by atoms with van der Waals surface area (Å²) in [6.07, 6.45) is 9.25. The highest BCUT2D eigenvalue weighted by molar-refractivity contribution is 5.70. The van der Waals surface area contributed by atoms with Gasteiger partial charge in [-0.3, -0.25) is 0 Å². The maximum atomic E-state index is 11.8. The van der Waals surface area contributed by atoms with E-state index in [1.165, 1.54) is 0 Å². The number of esters is 1. The molecule has 0 fully saturated rings.